The smallest absolute Gasteiger partial charge is 0.151 e. The average molecular weight is 234 g/mol. The Bertz CT molecular complexity index is 288. The molecule has 1 fully saturated rings. The van der Waals surface area contributed by atoms with E-state index in [1.807, 2.05) is 7.05 Å². The maximum absolute atomic E-state index is 11.3. The number of nitrogens with zero attached hydrogens (tertiary/aromatic N) is 1. The van der Waals surface area contributed by atoms with E-state index < -0.39 is 9.84 Å². The van der Waals surface area contributed by atoms with Crippen molar-refractivity contribution in [2.75, 3.05) is 31.6 Å². The molecule has 1 aliphatic heterocycles. The van der Waals surface area contributed by atoms with Crippen molar-refractivity contribution in [1.82, 2.24) is 10.2 Å². The molecule has 1 unspecified atom stereocenters. The Labute approximate surface area is 93.0 Å². The second kappa shape index (κ2) is 5.27. The zero-order chi connectivity index (χ0) is 11.5. The van der Waals surface area contributed by atoms with Crippen LogP contribution >= 0.6 is 0 Å². The quantitative estimate of drug-likeness (QED) is 0.733. The Hall–Kier alpha value is -0.130. The Balaban J connectivity index is 2.26. The minimum atomic E-state index is -2.74. The molecule has 0 aromatic heterocycles. The van der Waals surface area contributed by atoms with Gasteiger partial charge in [-0.2, -0.15) is 0 Å². The van der Waals surface area contributed by atoms with Crippen molar-refractivity contribution < 1.29 is 8.42 Å². The number of hydrogen-bond acceptors (Lipinski definition) is 4. The summed E-state index contributed by atoms with van der Waals surface area (Å²) in [6.45, 7) is 6.06. The van der Waals surface area contributed by atoms with E-state index in [9.17, 15) is 8.42 Å². The summed E-state index contributed by atoms with van der Waals surface area (Å²) < 4.78 is 22.6. The van der Waals surface area contributed by atoms with Crippen molar-refractivity contribution in [2.45, 2.75) is 32.4 Å². The van der Waals surface area contributed by atoms with Gasteiger partial charge in [0.05, 0.1) is 11.5 Å². The highest BCUT2D eigenvalue weighted by atomic mass is 32.2. The van der Waals surface area contributed by atoms with Crippen LogP contribution in [0.2, 0.25) is 0 Å². The highest BCUT2D eigenvalue weighted by molar-refractivity contribution is 7.91. The number of nitrogens with one attached hydrogen (secondary N) is 1. The first-order valence-corrected chi connectivity index (χ1v) is 7.37. The summed E-state index contributed by atoms with van der Waals surface area (Å²) in [6.07, 6.45) is 0.792. The molecular weight excluding hydrogens is 212 g/mol. The number of sulfone groups is 1. The van der Waals surface area contributed by atoms with E-state index in [-0.39, 0.29) is 6.04 Å². The molecule has 1 heterocycles. The normalized spacial score (nSPS) is 25.3. The number of rotatable bonds is 5. The summed E-state index contributed by atoms with van der Waals surface area (Å²) in [5.74, 6) is 0.699. The first-order chi connectivity index (χ1) is 6.91. The average Bonchev–Trinajstić information content (AvgIpc) is 2.45. The molecule has 5 heteroatoms. The molecule has 0 aromatic rings. The van der Waals surface area contributed by atoms with Crippen LogP contribution in [0.5, 0.6) is 0 Å². The van der Waals surface area contributed by atoms with E-state index >= 15 is 0 Å². The van der Waals surface area contributed by atoms with E-state index in [4.69, 9.17) is 0 Å². The summed E-state index contributed by atoms with van der Waals surface area (Å²) in [4.78, 5) is 2.15. The molecule has 0 saturated carbocycles. The fourth-order valence-electron chi connectivity index (χ4n) is 1.84. The summed E-state index contributed by atoms with van der Waals surface area (Å²) in [7, 11) is -0.736. The summed E-state index contributed by atoms with van der Waals surface area (Å²) >= 11 is 0. The molecule has 1 atom stereocenters. The van der Waals surface area contributed by atoms with Crippen LogP contribution in [0.25, 0.3) is 0 Å². The predicted octanol–water partition coefficient (Wildman–Crippen LogP) is 0.103. The lowest BCUT2D eigenvalue weighted by Crippen LogP contribution is -2.39. The third kappa shape index (κ3) is 4.49. The number of likely N-dealkylation sites (N-methyl/N-ethyl adjacent to an activating group) is 1. The van der Waals surface area contributed by atoms with Gasteiger partial charge >= 0.3 is 0 Å². The maximum Gasteiger partial charge on any atom is 0.151 e. The van der Waals surface area contributed by atoms with E-state index in [1.165, 1.54) is 0 Å². The lowest BCUT2D eigenvalue weighted by molar-refractivity contribution is 0.259. The molecule has 1 rings (SSSR count). The first kappa shape index (κ1) is 12.9. The lowest BCUT2D eigenvalue weighted by atomic mass is 10.2. The molecule has 0 bridgehead atoms. The molecule has 0 amide bonds. The summed E-state index contributed by atoms with van der Waals surface area (Å²) in [6, 6.07) is 0.717. The van der Waals surface area contributed by atoms with Gasteiger partial charge in [0.2, 0.25) is 0 Å². The van der Waals surface area contributed by atoms with Crippen molar-refractivity contribution in [3.05, 3.63) is 0 Å². The monoisotopic (exact) mass is 234 g/mol. The van der Waals surface area contributed by atoms with Crippen LogP contribution in [0.3, 0.4) is 0 Å². The van der Waals surface area contributed by atoms with Gasteiger partial charge in [-0.25, -0.2) is 8.42 Å². The van der Waals surface area contributed by atoms with Crippen molar-refractivity contribution in [3.63, 3.8) is 0 Å². The molecule has 15 heavy (non-hydrogen) atoms. The van der Waals surface area contributed by atoms with Gasteiger partial charge in [0.1, 0.15) is 0 Å². The zero-order valence-corrected chi connectivity index (χ0v) is 10.7. The van der Waals surface area contributed by atoms with Crippen molar-refractivity contribution in [2.24, 2.45) is 0 Å². The second-order valence-electron chi connectivity index (χ2n) is 4.65. The van der Waals surface area contributed by atoms with Crippen LogP contribution in [0.1, 0.15) is 20.3 Å². The van der Waals surface area contributed by atoms with Gasteiger partial charge in [-0.1, -0.05) is 13.8 Å². The second-order valence-corrected chi connectivity index (χ2v) is 6.88. The third-order valence-corrected chi connectivity index (χ3v) is 4.60. The molecule has 1 N–H and O–H groups in total. The summed E-state index contributed by atoms with van der Waals surface area (Å²) in [5.41, 5.74) is 0. The van der Waals surface area contributed by atoms with Crippen LogP contribution in [-0.4, -0.2) is 57.0 Å². The van der Waals surface area contributed by atoms with Gasteiger partial charge in [-0.15, -0.1) is 0 Å². The Morgan fingerprint density at radius 1 is 1.47 bits per heavy atom. The van der Waals surface area contributed by atoms with E-state index in [2.05, 4.69) is 24.1 Å². The van der Waals surface area contributed by atoms with Crippen LogP contribution in [0, 0.1) is 0 Å². The fourth-order valence-corrected chi connectivity index (χ4v) is 3.64. The van der Waals surface area contributed by atoms with Gasteiger partial charge in [0.15, 0.2) is 9.84 Å². The molecule has 1 saturated heterocycles. The highest BCUT2D eigenvalue weighted by Crippen LogP contribution is 2.15. The molecule has 90 valence electrons. The Morgan fingerprint density at radius 2 is 2.13 bits per heavy atom. The van der Waals surface area contributed by atoms with Crippen LogP contribution < -0.4 is 5.32 Å². The van der Waals surface area contributed by atoms with Gasteiger partial charge in [-0.3, -0.25) is 0 Å². The standard InChI is InChI=1S/C10H22N2O2S/c1-9(2)11-5-6-12(3)10-4-7-15(13,14)8-10/h9-11H,4-8H2,1-3H3. The minimum Gasteiger partial charge on any atom is -0.313 e. The summed E-state index contributed by atoms with van der Waals surface area (Å²) in [5, 5.41) is 3.33. The van der Waals surface area contributed by atoms with E-state index in [0.29, 0.717) is 17.5 Å². The molecule has 1 aliphatic rings. The first-order valence-electron chi connectivity index (χ1n) is 5.55. The minimum absolute atomic E-state index is 0.226. The van der Waals surface area contributed by atoms with Crippen LogP contribution in [0.4, 0.5) is 0 Å². The van der Waals surface area contributed by atoms with Crippen molar-refractivity contribution in [1.29, 1.82) is 0 Å². The van der Waals surface area contributed by atoms with Crippen LogP contribution in [-0.2, 0) is 9.84 Å². The largest absolute Gasteiger partial charge is 0.313 e. The van der Waals surface area contributed by atoms with Gasteiger partial charge in [0, 0.05) is 25.2 Å². The Kier molecular flexibility index (Phi) is 4.55. The SMILES string of the molecule is CC(C)NCCN(C)C1CCS(=O)(=O)C1. The fraction of sp³-hybridized carbons (Fsp3) is 1.00. The maximum atomic E-state index is 11.3. The lowest BCUT2D eigenvalue weighted by Gasteiger charge is -2.23. The highest BCUT2D eigenvalue weighted by Gasteiger charge is 2.30. The molecule has 0 spiro atoms. The van der Waals surface area contributed by atoms with Gasteiger partial charge in [-0.05, 0) is 13.5 Å². The topological polar surface area (TPSA) is 49.4 Å². The molecule has 4 nitrogen and oxygen atoms in total. The van der Waals surface area contributed by atoms with Crippen molar-refractivity contribution in [3.8, 4) is 0 Å². The third-order valence-electron chi connectivity index (χ3n) is 2.85. The van der Waals surface area contributed by atoms with Crippen molar-refractivity contribution >= 4 is 9.84 Å². The van der Waals surface area contributed by atoms with Gasteiger partial charge in [0.25, 0.3) is 0 Å². The molecule has 0 aromatic carbocycles. The zero-order valence-electron chi connectivity index (χ0n) is 9.86. The van der Waals surface area contributed by atoms with E-state index in [0.717, 1.165) is 19.5 Å². The molecular formula is C10H22N2O2S. The van der Waals surface area contributed by atoms with E-state index in [1.54, 1.807) is 0 Å². The predicted molar refractivity (Wildman–Crippen MR) is 62.8 cm³/mol. The Morgan fingerprint density at radius 3 is 2.60 bits per heavy atom. The number of hydrogen-bond donors (Lipinski definition) is 1. The molecule has 0 radical (unpaired) electrons. The van der Waals surface area contributed by atoms with Crippen LogP contribution in [0.15, 0.2) is 0 Å². The van der Waals surface area contributed by atoms with Gasteiger partial charge < -0.3 is 10.2 Å². The molecule has 0 aliphatic carbocycles.